The standard InChI is InChI=1S/C19H26O3/c1-13-8-9-15(20)17(22-3)16(13)18-10-6-4-5-7-11-19(21,12-18)14(18)2/h8-9,20-21H,2,4-7,10-12H2,1,3H3. The third kappa shape index (κ3) is 2.06. The van der Waals surface area contributed by atoms with Gasteiger partial charge in [0.15, 0.2) is 11.5 Å². The van der Waals surface area contributed by atoms with E-state index in [0.29, 0.717) is 12.2 Å². The summed E-state index contributed by atoms with van der Waals surface area (Å²) in [5, 5.41) is 21.1. The summed E-state index contributed by atoms with van der Waals surface area (Å²) < 4.78 is 5.51. The van der Waals surface area contributed by atoms with Crippen LogP contribution in [0.1, 0.15) is 56.1 Å². The van der Waals surface area contributed by atoms with Gasteiger partial charge in [-0.25, -0.2) is 0 Å². The van der Waals surface area contributed by atoms with Gasteiger partial charge in [0.25, 0.3) is 0 Å². The lowest BCUT2D eigenvalue weighted by molar-refractivity contribution is -0.0303. The molecule has 3 aliphatic rings. The summed E-state index contributed by atoms with van der Waals surface area (Å²) in [5.74, 6) is 0.711. The highest BCUT2D eigenvalue weighted by Crippen LogP contribution is 2.62. The number of phenols is 1. The van der Waals surface area contributed by atoms with Gasteiger partial charge in [-0.2, -0.15) is 0 Å². The largest absolute Gasteiger partial charge is 0.504 e. The Morgan fingerprint density at radius 1 is 1.14 bits per heavy atom. The van der Waals surface area contributed by atoms with Crippen LogP contribution in [0.5, 0.6) is 11.5 Å². The SMILES string of the molecule is C=C1C2(O)CCCCCCC1(c1c(C)ccc(O)c1OC)C2. The minimum Gasteiger partial charge on any atom is -0.504 e. The average molecular weight is 302 g/mol. The van der Waals surface area contributed by atoms with E-state index in [2.05, 4.69) is 6.58 Å². The highest BCUT2D eigenvalue weighted by atomic mass is 16.5. The summed E-state index contributed by atoms with van der Waals surface area (Å²) in [6, 6.07) is 3.61. The molecule has 3 nitrogen and oxygen atoms in total. The predicted octanol–water partition coefficient (Wildman–Crippen LogP) is 3.99. The molecule has 1 aromatic rings. The number of ether oxygens (including phenoxy) is 1. The minimum absolute atomic E-state index is 0.167. The summed E-state index contributed by atoms with van der Waals surface area (Å²) in [7, 11) is 1.59. The monoisotopic (exact) mass is 302 g/mol. The van der Waals surface area contributed by atoms with E-state index in [1.807, 2.05) is 13.0 Å². The molecule has 3 saturated carbocycles. The molecule has 4 rings (SSSR count). The number of rotatable bonds is 2. The Balaban J connectivity index is 2.13. The number of aryl methyl sites for hydroxylation is 1. The second-order valence-corrected chi connectivity index (χ2v) is 6.99. The summed E-state index contributed by atoms with van der Waals surface area (Å²) in [5.41, 5.74) is 2.03. The van der Waals surface area contributed by atoms with Crippen molar-refractivity contribution in [2.45, 2.75) is 62.9 Å². The molecule has 3 heteroatoms. The molecule has 0 aromatic heterocycles. The third-order valence-corrected chi connectivity index (χ3v) is 5.71. The highest BCUT2D eigenvalue weighted by molar-refractivity contribution is 5.60. The first kappa shape index (κ1) is 15.4. The van der Waals surface area contributed by atoms with Gasteiger partial charge in [-0.05, 0) is 43.4 Å². The Labute approximate surface area is 132 Å². The zero-order valence-electron chi connectivity index (χ0n) is 13.6. The van der Waals surface area contributed by atoms with Crippen LogP contribution in [0.15, 0.2) is 24.3 Å². The van der Waals surface area contributed by atoms with Crippen molar-refractivity contribution in [1.82, 2.24) is 0 Å². The van der Waals surface area contributed by atoms with Gasteiger partial charge in [0.05, 0.1) is 12.7 Å². The molecule has 2 N–H and O–H groups in total. The molecule has 3 aliphatic carbocycles. The van der Waals surface area contributed by atoms with Crippen LogP contribution >= 0.6 is 0 Å². The quantitative estimate of drug-likeness (QED) is 0.812. The van der Waals surface area contributed by atoms with Crippen molar-refractivity contribution in [3.63, 3.8) is 0 Å². The number of methoxy groups -OCH3 is 1. The van der Waals surface area contributed by atoms with Crippen LogP contribution in [-0.4, -0.2) is 22.9 Å². The molecule has 0 amide bonds. The van der Waals surface area contributed by atoms with Crippen molar-refractivity contribution in [3.8, 4) is 11.5 Å². The van der Waals surface area contributed by atoms with Gasteiger partial charge < -0.3 is 14.9 Å². The van der Waals surface area contributed by atoms with Crippen molar-refractivity contribution in [3.05, 3.63) is 35.4 Å². The number of aromatic hydroxyl groups is 1. The molecule has 0 saturated heterocycles. The molecule has 3 fully saturated rings. The van der Waals surface area contributed by atoms with E-state index >= 15 is 0 Å². The van der Waals surface area contributed by atoms with E-state index < -0.39 is 5.60 Å². The number of fused-ring (bicyclic) bond motifs is 5. The van der Waals surface area contributed by atoms with Gasteiger partial charge in [0.1, 0.15) is 0 Å². The lowest BCUT2D eigenvalue weighted by Gasteiger charge is -2.57. The Morgan fingerprint density at radius 3 is 2.45 bits per heavy atom. The van der Waals surface area contributed by atoms with Crippen LogP contribution in [-0.2, 0) is 5.41 Å². The molecule has 2 bridgehead atoms. The molecule has 0 spiro atoms. The molecule has 0 radical (unpaired) electrons. The molecule has 1 aromatic carbocycles. The minimum atomic E-state index is -0.743. The van der Waals surface area contributed by atoms with Crippen molar-refractivity contribution in [2.24, 2.45) is 0 Å². The summed E-state index contributed by atoms with van der Waals surface area (Å²) in [6.45, 7) is 6.31. The average Bonchev–Trinajstić information content (AvgIpc) is 2.62. The van der Waals surface area contributed by atoms with Crippen molar-refractivity contribution in [1.29, 1.82) is 0 Å². The summed E-state index contributed by atoms with van der Waals surface area (Å²) in [4.78, 5) is 0. The molecule has 0 aliphatic heterocycles. The Bertz CT molecular complexity index is 607. The maximum absolute atomic E-state index is 10.9. The van der Waals surface area contributed by atoms with E-state index in [-0.39, 0.29) is 11.2 Å². The number of hydrogen-bond acceptors (Lipinski definition) is 3. The van der Waals surface area contributed by atoms with E-state index in [1.54, 1.807) is 13.2 Å². The van der Waals surface area contributed by atoms with Gasteiger partial charge in [0.2, 0.25) is 0 Å². The maximum atomic E-state index is 10.9. The maximum Gasteiger partial charge on any atom is 0.164 e. The van der Waals surface area contributed by atoms with Crippen LogP contribution in [0.4, 0.5) is 0 Å². The lowest BCUT2D eigenvalue weighted by atomic mass is 9.50. The third-order valence-electron chi connectivity index (χ3n) is 5.71. The van der Waals surface area contributed by atoms with E-state index in [4.69, 9.17) is 4.74 Å². The van der Waals surface area contributed by atoms with Gasteiger partial charge in [0, 0.05) is 11.0 Å². The van der Waals surface area contributed by atoms with Gasteiger partial charge >= 0.3 is 0 Å². The molecule has 2 unspecified atom stereocenters. The molecule has 0 heterocycles. The normalized spacial score (nSPS) is 31.7. The van der Waals surface area contributed by atoms with Crippen LogP contribution in [0.3, 0.4) is 0 Å². The molecular formula is C19H26O3. The number of benzene rings is 1. The first-order chi connectivity index (χ1) is 10.4. The number of aliphatic hydroxyl groups is 1. The first-order valence-electron chi connectivity index (χ1n) is 8.24. The van der Waals surface area contributed by atoms with Crippen LogP contribution in [0.25, 0.3) is 0 Å². The van der Waals surface area contributed by atoms with Crippen LogP contribution in [0, 0.1) is 6.92 Å². The van der Waals surface area contributed by atoms with Crippen molar-refractivity contribution >= 4 is 0 Å². The predicted molar refractivity (Wildman–Crippen MR) is 87.5 cm³/mol. The summed E-state index contributed by atoms with van der Waals surface area (Å²) >= 11 is 0. The molecule has 22 heavy (non-hydrogen) atoms. The Morgan fingerprint density at radius 2 is 1.82 bits per heavy atom. The molecule has 2 atom stereocenters. The van der Waals surface area contributed by atoms with Gasteiger partial charge in [-0.1, -0.05) is 38.3 Å². The van der Waals surface area contributed by atoms with E-state index in [1.165, 1.54) is 12.8 Å². The second kappa shape index (κ2) is 5.31. The fourth-order valence-corrected chi connectivity index (χ4v) is 4.56. The Hall–Kier alpha value is -1.48. The Kier molecular flexibility index (Phi) is 3.72. The van der Waals surface area contributed by atoms with Crippen molar-refractivity contribution < 1.29 is 14.9 Å². The lowest BCUT2D eigenvalue weighted by Crippen LogP contribution is -2.57. The van der Waals surface area contributed by atoms with Crippen molar-refractivity contribution in [2.75, 3.05) is 7.11 Å². The topological polar surface area (TPSA) is 49.7 Å². The fraction of sp³-hybridized carbons (Fsp3) is 0.579. The van der Waals surface area contributed by atoms with E-state index in [0.717, 1.165) is 42.4 Å². The number of hydrogen-bond donors (Lipinski definition) is 2. The fourth-order valence-electron chi connectivity index (χ4n) is 4.56. The molecule has 120 valence electrons. The smallest absolute Gasteiger partial charge is 0.164 e. The van der Waals surface area contributed by atoms with Crippen LogP contribution < -0.4 is 4.74 Å². The highest BCUT2D eigenvalue weighted by Gasteiger charge is 2.59. The van der Waals surface area contributed by atoms with Gasteiger partial charge in [-0.3, -0.25) is 0 Å². The number of phenolic OH excluding ortho intramolecular Hbond substituents is 1. The zero-order valence-corrected chi connectivity index (χ0v) is 13.6. The van der Waals surface area contributed by atoms with E-state index in [9.17, 15) is 10.2 Å². The summed E-state index contributed by atoms with van der Waals surface area (Å²) in [6.07, 6.45) is 6.99. The van der Waals surface area contributed by atoms with Gasteiger partial charge in [-0.15, -0.1) is 0 Å². The van der Waals surface area contributed by atoms with Crippen LogP contribution in [0.2, 0.25) is 0 Å². The molecular weight excluding hydrogens is 276 g/mol. The zero-order chi connectivity index (χ0) is 16.0. The first-order valence-corrected chi connectivity index (χ1v) is 8.24. The second-order valence-electron chi connectivity index (χ2n) is 6.99.